The molecule has 5 nitrogen and oxygen atoms in total. The summed E-state index contributed by atoms with van der Waals surface area (Å²) in [6, 6.07) is 0.525. The molecule has 0 aromatic rings. The number of nitrogens with one attached hydrogen (secondary N) is 2. The number of aliphatic hydroxyl groups excluding tert-OH is 1. The molecular weight excluding hydrogens is 427 g/mol. The molecule has 0 radical (unpaired) electrons. The van der Waals surface area contributed by atoms with Gasteiger partial charge in [0.1, 0.15) is 0 Å². The maximum Gasteiger partial charge on any atom is 0.191 e. The number of hydrogen-bond acceptors (Lipinski definition) is 3. The number of aliphatic hydroxyl groups is 1. The van der Waals surface area contributed by atoms with E-state index in [0.717, 1.165) is 31.9 Å². The molecule has 6 heteroatoms. The van der Waals surface area contributed by atoms with E-state index in [2.05, 4.69) is 43.2 Å². The Morgan fingerprint density at radius 2 is 1.92 bits per heavy atom. The maximum absolute atomic E-state index is 9.26. The SMILES string of the molecule is CCCN1CCC(NC(=NCC(CCO)CC(C)C)NCC)CC1.I. The lowest BCUT2D eigenvalue weighted by Crippen LogP contribution is -2.48. The Hall–Kier alpha value is -0.0800. The van der Waals surface area contributed by atoms with E-state index in [0.29, 0.717) is 17.9 Å². The van der Waals surface area contributed by atoms with Gasteiger partial charge < -0.3 is 20.6 Å². The predicted molar refractivity (Wildman–Crippen MR) is 119 cm³/mol. The molecule has 1 rings (SSSR count). The molecule has 25 heavy (non-hydrogen) atoms. The zero-order valence-corrected chi connectivity index (χ0v) is 19.1. The average molecular weight is 468 g/mol. The van der Waals surface area contributed by atoms with Gasteiger partial charge in [0.25, 0.3) is 0 Å². The monoisotopic (exact) mass is 468 g/mol. The van der Waals surface area contributed by atoms with Gasteiger partial charge in [0.05, 0.1) is 0 Å². The first kappa shape index (κ1) is 24.9. The minimum Gasteiger partial charge on any atom is -0.396 e. The fourth-order valence-electron chi connectivity index (χ4n) is 3.48. The molecule has 1 unspecified atom stereocenters. The van der Waals surface area contributed by atoms with E-state index in [1.807, 2.05) is 0 Å². The van der Waals surface area contributed by atoms with Gasteiger partial charge in [-0.3, -0.25) is 4.99 Å². The summed E-state index contributed by atoms with van der Waals surface area (Å²) in [5.41, 5.74) is 0. The minimum absolute atomic E-state index is 0. The molecule has 1 heterocycles. The van der Waals surface area contributed by atoms with Crippen LogP contribution >= 0.6 is 24.0 Å². The number of aliphatic imine (C=N–C) groups is 1. The van der Waals surface area contributed by atoms with E-state index in [1.54, 1.807) is 0 Å². The lowest BCUT2D eigenvalue weighted by molar-refractivity contribution is 0.206. The van der Waals surface area contributed by atoms with E-state index in [9.17, 15) is 5.11 Å². The second-order valence-electron chi connectivity index (χ2n) is 7.49. The second kappa shape index (κ2) is 15.0. The first-order chi connectivity index (χ1) is 11.6. The molecule has 0 aromatic carbocycles. The quantitative estimate of drug-likeness (QED) is 0.262. The van der Waals surface area contributed by atoms with Crippen LogP contribution in [0.3, 0.4) is 0 Å². The van der Waals surface area contributed by atoms with Crippen LogP contribution in [-0.2, 0) is 0 Å². The summed E-state index contributed by atoms with van der Waals surface area (Å²) in [5.74, 6) is 2.06. The molecule has 0 aromatic heterocycles. The molecule has 150 valence electrons. The average Bonchev–Trinajstić information content (AvgIpc) is 2.54. The molecule has 0 aliphatic carbocycles. The zero-order chi connectivity index (χ0) is 17.8. The van der Waals surface area contributed by atoms with Gasteiger partial charge in [0, 0.05) is 38.8 Å². The number of rotatable bonds is 10. The standard InChI is InChI=1S/C19H40N4O.HI/c1-5-10-23-11-7-18(8-12-23)22-19(20-6-2)21-15-17(9-13-24)14-16(3)4;/h16-18,24H,5-15H2,1-4H3,(H2,20,21,22);1H. The van der Waals surface area contributed by atoms with Crippen LogP contribution in [0, 0.1) is 11.8 Å². The maximum atomic E-state index is 9.26. The zero-order valence-electron chi connectivity index (χ0n) is 16.8. The van der Waals surface area contributed by atoms with Crippen molar-refractivity contribution in [2.45, 2.75) is 65.8 Å². The van der Waals surface area contributed by atoms with Crippen molar-refractivity contribution in [1.29, 1.82) is 0 Å². The highest BCUT2D eigenvalue weighted by molar-refractivity contribution is 14.0. The number of guanidine groups is 1. The van der Waals surface area contributed by atoms with Crippen molar-refractivity contribution < 1.29 is 5.11 Å². The third-order valence-electron chi connectivity index (χ3n) is 4.66. The van der Waals surface area contributed by atoms with Crippen LogP contribution < -0.4 is 10.6 Å². The van der Waals surface area contributed by atoms with E-state index in [-0.39, 0.29) is 30.6 Å². The van der Waals surface area contributed by atoms with Crippen LogP contribution in [0.5, 0.6) is 0 Å². The van der Waals surface area contributed by atoms with Crippen molar-refractivity contribution in [2.24, 2.45) is 16.8 Å². The van der Waals surface area contributed by atoms with Crippen molar-refractivity contribution in [3.63, 3.8) is 0 Å². The largest absolute Gasteiger partial charge is 0.396 e. The molecular formula is C19H41IN4O. The molecule has 1 aliphatic rings. The predicted octanol–water partition coefficient (Wildman–Crippen LogP) is 3.08. The van der Waals surface area contributed by atoms with Crippen LogP contribution in [0.25, 0.3) is 0 Å². The Bertz CT molecular complexity index is 344. The molecule has 1 atom stereocenters. The summed E-state index contributed by atoms with van der Waals surface area (Å²) in [7, 11) is 0. The topological polar surface area (TPSA) is 59.9 Å². The Morgan fingerprint density at radius 3 is 2.44 bits per heavy atom. The van der Waals surface area contributed by atoms with Gasteiger partial charge >= 0.3 is 0 Å². The molecule has 1 fully saturated rings. The highest BCUT2D eigenvalue weighted by Gasteiger charge is 2.19. The first-order valence-corrected chi connectivity index (χ1v) is 9.97. The number of halogens is 1. The summed E-state index contributed by atoms with van der Waals surface area (Å²) in [4.78, 5) is 7.36. The van der Waals surface area contributed by atoms with Crippen molar-refractivity contribution >= 4 is 29.9 Å². The fraction of sp³-hybridized carbons (Fsp3) is 0.947. The molecule has 3 N–H and O–H groups in total. The molecule has 1 saturated heterocycles. The third-order valence-corrected chi connectivity index (χ3v) is 4.66. The Morgan fingerprint density at radius 1 is 1.24 bits per heavy atom. The fourth-order valence-corrected chi connectivity index (χ4v) is 3.48. The van der Waals surface area contributed by atoms with Crippen LogP contribution in [0.1, 0.15) is 59.8 Å². The molecule has 1 aliphatic heterocycles. The Labute approximate surface area is 172 Å². The number of likely N-dealkylation sites (tertiary alicyclic amines) is 1. The van der Waals surface area contributed by atoms with E-state index in [1.165, 1.54) is 38.9 Å². The summed E-state index contributed by atoms with van der Waals surface area (Å²) in [5, 5.41) is 16.3. The minimum atomic E-state index is 0. The first-order valence-electron chi connectivity index (χ1n) is 9.97. The van der Waals surface area contributed by atoms with Gasteiger partial charge in [0.2, 0.25) is 0 Å². The van der Waals surface area contributed by atoms with Gasteiger partial charge in [-0.1, -0.05) is 20.8 Å². The summed E-state index contributed by atoms with van der Waals surface area (Å²) >= 11 is 0. The summed E-state index contributed by atoms with van der Waals surface area (Å²) in [6.07, 6.45) is 5.59. The van der Waals surface area contributed by atoms with Gasteiger partial charge in [-0.2, -0.15) is 0 Å². The highest BCUT2D eigenvalue weighted by Crippen LogP contribution is 2.16. The van der Waals surface area contributed by atoms with Crippen LogP contribution in [0.4, 0.5) is 0 Å². The van der Waals surface area contributed by atoms with Crippen molar-refractivity contribution in [3.8, 4) is 0 Å². The number of nitrogens with zero attached hydrogens (tertiary/aromatic N) is 2. The molecule has 0 saturated carbocycles. The molecule has 0 spiro atoms. The van der Waals surface area contributed by atoms with Gasteiger partial charge in [-0.25, -0.2) is 0 Å². The van der Waals surface area contributed by atoms with E-state index >= 15 is 0 Å². The number of hydrogen-bond donors (Lipinski definition) is 3. The van der Waals surface area contributed by atoms with E-state index < -0.39 is 0 Å². The smallest absolute Gasteiger partial charge is 0.191 e. The molecule has 0 bridgehead atoms. The van der Waals surface area contributed by atoms with Crippen molar-refractivity contribution in [3.05, 3.63) is 0 Å². The Kier molecular flexibility index (Phi) is 15.0. The van der Waals surface area contributed by atoms with Crippen LogP contribution in [-0.4, -0.2) is 61.3 Å². The lowest BCUT2D eigenvalue weighted by Gasteiger charge is -2.33. The van der Waals surface area contributed by atoms with Crippen molar-refractivity contribution in [2.75, 3.05) is 39.3 Å². The van der Waals surface area contributed by atoms with Crippen LogP contribution in [0.15, 0.2) is 4.99 Å². The van der Waals surface area contributed by atoms with Gasteiger partial charge in [0.15, 0.2) is 5.96 Å². The van der Waals surface area contributed by atoms with E-state index in [4.69, 9.17) is 4.99 Å². The highest BCUT2D eigenvalue weighted by atomic mass is 127. The summed E-state index contributed by atoms with van der Waals surface area (Å²) in [6.45, 7) is 14.4. The lowest BCUT2D eigenvalue weighted by atomic mass is 9.94. The Balaban J connectivity index is 0.00000576. The third kappa shape index (κ3) is 11.3. The summed E-state index contributed by atoms with van der Waals surface area (Å²) < 4.78 is 0. The second-order valence-corrected chi connectivity index (χ2v) is 7.49. The molecule has 0 amide bonds. The number of piperidine rings is 1. The van der Waals surface area contributed by atoms with Gasteiger partial charge in [-0.15, -0.1) is 24.0 Å². The van der Waals surface area contributed by atoms with Gasteiger partial charge in [-0.05, 0) is 57.4 Å². The normalized spacial score (nSPS) is 18.1. The van der Waals surface area contributed by atoms with Crippen LogP contribution in [0.2, 0.25) is 0 Å². The van der Waals surface area contributed by atoms with Crippen molar-refractivity contribution in [1.82, 2.24) is 15.5 Å².